The van der Waals surface area contributed by atoms with Gasteiger partial charge in [-0.05, 0) is 20.8 Å². The minimum Gasteiger partial charge on any atom is -0.383 e. The van der Waals surface area contributed by atoms with Crippen LogP contribution in [0.3, 0.4) is 0 Å². The topological polar surface area (TPSA) is 29.5 Å². The fourth-order valence-electron chi connectivity index (χ4n) is 1.97. The molecule has 3 nitrogen and oxygen atoms in total. The Labute approximate surface area is 116 Å². The Morgan fingerprint density at radius 1 is 1.21 bits per heavy atom. The molecule has 0 N–H and O–H groups in total. The van der Waals surface area contributed by atoms with E-state index in [1.54, 1.807) is 7.11 Å². The highest BCUT2D eigenvalue weighted by atomic mass is 16.5. The first-order valence-corrected chi connectivity index (χ1v) is 6.87. The molecule has 0 aliphatic rings. The Kier molecular flexibility index (Phi) is 6.74. The van der Waals surface area contributed by atoms with Gasteiger partial charge in [-0.15, -0.1) is 0 Å². The second kappa shape index (κ2) is 8.08. The number of Topliss-reactive ketones (excluding diaryl/α,β-unsaturated/α-hetero) is 1. The molecule has 1 aromatic rings. The third kappa shape index (κ3) is 5.53. The number of hydrogen-bond donors (Lipinski definition) is 0. The highest BCUT2D eigenvalue weighted by Crippen LogP contribution is 2.08. The van der Waals surface area contributed by atoms with Gasteiger partial charge in [-0.3, -0.25) is 9.69 Å². The normalized spacial score (nSPS) is 11.3. The van der Waals surface area contributed by atoms with Crippen molar-refractivity contribution in [3.8, 4) is 0 Å². The van der Waals surface area contributed by atoms with Crippen LogP contribution in [0.15, 0.2) is 24.3 Å². The van der Waals surface area contributed by atoms with Crippen molar-refractivity contribution in [1.82, 2.24) is 4.90 Å². The molecular formula is C16H25NO2. The molecule has 0 fully saturated rings. The number of hydrogen-bond acceptors (Lipinski definition) is 3. The van der Waals surface area contributed by atoms with Gasteiger partial charge in [0.05, 0.1) is 6.61 Å². The molecule has 0 aromatic heterocycles. The number of methoxy groups -OCH3 is 1. The van der Waals surface area contributed by atoms with Crippen LogP contribution < -0.4 is 0 Å². The van der Waals surface area contributed by atoms with Crippen molar-refractivity contribution in [2.75, 3.05) is 26.8 Å². The van der Waals surface area contributed by atoms with E-state index in [0.717, 1.165) is 18.7 Å². The Hall–Kier alpha value is -1.19. The molecule has 19 heavy (non-hydrogen) atoms. The maximum atomic E-state index is 12.1. The third-order valence-electron chi connectivity index (χ3n) is 3.31. The van der Waals surface area contributed by atoms with Crippen LogP contribution in [-0.2, 0) is 4.74 Å². The fourth-order valence-corrected chi connectivity index (χ4v) is 1.97. The summed E-state index contributed by atoms with van der Waals surface area (Å²) in [6.45, 7) is 8.68. The Bertz CT molecular complexity index is 384. The fraction of sp³-hybridized carbons (Fsp3) is 0.562. The number of aryl methyl sites for hydroxylation is 1. The van der Waals surface area contributed by atoms with Gasteiger partial charge in [0, 0.05) is 38.2 Å². The number of carbonyl (C=O) groups is 1. The minimum absolute atomic E-state index is 0.211. The van der Waals surface area contributed by atoms with Crippen molar-refractivity contribution in [2.45, 2.75) is 33.2 Å². The molecule has 0 aliphatic carbocycles. The zero-order valence-corrected chi connectivity index (χ0v) is 12.5. The lowest BCUT2D eigenvalue weighted by Gasteiger charge is -2.25. The Morgan fingerprint density at radius 3 is 2.37 bits per heavy atom. The summed E-state index contributed by atoms with van der Waals surface area (Å²) in [5, 5.41) is 0. The molecule has 0 bridgehead atoms. The van der Waals surface area contributed by atoms with E-state index in [1.807, 2.05) is 31.2 Å². The standard InChI is InChI=1S/C16H25NO2/c1-13(2)17(11-12-19-4)10-9-16(18)15-7-5-14(3)6-8-15/h5-8,13H,9-12H2,1-4H3. The van der Waals surface area contributed by atoms with Crippen molar-refractivity contribution in [3.05, 3.63) is 35.4 Å². The van der Waals surface area contributed by atoms with E-state index in [4.69, 9.17) is 4.74 Å². The van der Waals surface area contributed by atoms with Crippen LogP contribution in [0.25, 0.3) is 0 Å². The highest BCUT2D eigenvalue weighted by Gasteiger charge is 2.12. The number of rotatable bonds is 8. The lowest BCUT2D eigenvalue weighted by molar-refractivity contribution is 0.0927. The summed E-state index contributed by atoms with van der Waals surface area (Å²) < 4.78 is 5.10. The molecular weight excluding hydrogens is 238 g/mol. The van der Waals surface area contributed by atoms with Gasteiger partial charge < -0.3 is 4.74 Å². The van der Waals surface area contributed by atoms with Crippen molar-refractivity contribution in [3.63, 3.8) is 0 Å². The van der Waals surface area contributed by atoms with E-state index in [1.165, 1.54) is 5.56 Å². The monoisotopic (exact) mass is 263 g/mol. The molecule has 0 heterocycles. The van der Waals surface area contributed by atoms with E-state index < -0.39 is 0 Å². The molecule has 0 unspecified atom stereocenters. The summed E-state index contributed by atoms with van der Waals surface area (Å²) in [7, 11) is 1.70. The number of benzene rings is 1. The lowest BCUT2D eigenvalue weighted by Crippen LogP contribution is -2.35. The van der Waals surface area contributed by atoms with Gasteiger partial charge in [0.15, 0.2) is 5.78 Å². The molecule has 0 spiro atoms. The molecule has 0 saturated heterocycles. The zero-order chi connectivity index (χ0) is 14.3. The van der Waals surface area contributed by atoms with E-state index in [2.05, 4.69) is 18.7 Å². The first-order chi connectivity index (χ1) is 9.04. The molecule has 3 heteroatoms. The Balaban J connectivity index is 2.49. The first kappa shape index (κ1) is 15.9. The molecule has 1 aromatic carbocycles. The smallest absolute Gasteiger partial charge is 0.164 e. The maximum Gasteiger partial charge on any atom is 0.164 e. The summed E-state index contributed by atoms with van der Waals surface area (Å²) >= 11 is 0. The zero-order valence-electron chi connectivity index (χ0n) is 12.5. The summed E-state index contributed by atoms with van der Waals surface area (Å²) in [6, 6.07) is 8.22. The summed E-state index contributed by atoms with van der Waals surface area (Å²) in [4.78, 5) is 14.4. The number of carbonyl (C=O) groups excluding carboxylic acids is 1. The highest BCUT2D eigenvalue weighted by molar-refractivity contribution is 5.96. The van der Waals surface area contributed by atoms with Crippen molar-refractivity contribution >= 4 is 5.78 Å². The summed E-state index contributed by atoms with van der Waals surface area (Å²) in [6.07, 6.45) is 0.560. The third-order valence-corrected chi connectivity index (χ3v) is 3.31. The lowest BCUT2D eigenvalue weighted by atomic mass is 10.1. The van der Waals surface area contributed by atoms with Gasteiger partial charge >= 0.3 is 0 Å². The molecule has 0 amide bonds. The number of nitrogens with zero attached hydrogens (tertiary/aromatic N) is 1. The molecule has 0 saturated carbocycles. The van der Waals surface area contributed by atoms with Crippen LogP contribution >= 0.6 is 0 Å². The predicted molar refractivity (Wildman–Crippen MR) is 78.7 cm³/mol. The second-order valence-electron chi connectivity index (χ2n) is 5.16. The van der Waals surface area contributed by atoms with E-state index in [0.29, 0.717) is 19.1 Å². The van der Waals surface area contributed by atoms with Gasteiger partial charge in [0.25, 0.3) is 0 Å². The van der Waals surface area contributed by atoms with E-state index >= 15 is 0 Å². The summed E-state index contributed by atoms with van der Waals surface area (Å²) in [5.41, 5.74) is 1.99. The van der Waals surface area contributed by atoms with Crippen LogP contribution in [0.5, 0.6) is 0 Å². The average Bonchev–Trinajstić information content (AvgIpc) is 2.39. The van der Waals surface area contributed by atoms with Crippen molar-refractivity contribution < 1.29 is 9.53 Å². The van der Waals surface area contributed by atoms with Gasteiger partial charge in [0.1, 0.15) is 0 Å². The van der Waals surface area contributed by atoms with Crippen molar-refractivity contribution in [1.29, 1.82) is 0 Å². The van der Waals surface area contributed by atoms with Crippen LogP contribution in [-0.4, -0.2) is 43.5 Å². The predicted octanol–water partition coefficient (Wildman–Crippen LogP) is 2.92. The SMILES string of the molecule is COCCN(CCC(=O)c1ccc(C)cc1)C(C)C. The largest absolute Gasteiger partial charge is 0.383 e. The second-order valence-corrected chi connectivity index (χ2v) is 5.16. The van der Waals surface area contributed by atoms with Crippen LogP contribution in [0.1, 0.15) is 36.2 Å². The van der Waals surface area contributed by atoms with Crippen LogP contribution in [0.2, 0.25) is 0 Å². The minimum atomic E-state index is 0.211. The molecule has 106 valence electrons. The van der Waals surface area contributed by atoms with Crippen LogP contribution in [0, 0.1) is 6.92 Å². The molecule has 0 atom stereocenters. The molecule has 1 rings (SSSR count). The maximum absolute atomic E-state index is 12.1. The van der Waals surface area contributed by atoms with Gasteiger partial charge in [-0.2, -0.15) is 0 Å². The van der Waals surface area contributed by atoms with E-state index in [9.17, 15) is 4.79 Å². The number of ketones is 1. The quantitative estimate of drug-likeness (QED) is 0.675. The van der Waals surface area contributed by atoms with Gasteiger partial charge in [0.2, 0.25) is 0 Å². The summed E-state index contributed by atoms with van der Waals surface area (Å²) in [5.74, 6) is 0.211. The molecule has 0 aliphatic heterocycles. The van der Waals surface area contributed by atoms with Gasteiger partial charge in [-0.25, -0.2) is 0 Å². The van der Waals surface area contributed by atoms with Crippen LogP contribution in [0.4, 0.5) is 0 Å². The first-order valence-electron chi connectivity index (χ1n) is 6.87. The number of ether oxygens (including phenoxy) is 1. The Morgan fingerprint density at radius 2 is 1.84 bits per heavy atom. The molecule has 0 radical (unpaired) electrons. The average molecular weight is 263 g/mol. The van der Waals surface area contributed by atoms with Crippen molar-refractivity contribution in [2.24, 2.45) is 0 Å². The van der Waals surface area contributed by atoms with Gasteiger partial charge in [-0.1, -0.05) is 29.8 Å². The van der Waals surface area contributed by atoms with E-state index in [-0.39, 0.29) is 5.78 Å².